The molecule has 2 atom stereocenters. The Morgan fingerprint density at radius 1 is 1.44 bits per heavy atom. The third kappa shape index (κ3) is 3.78. The third-order valence-electron chi connectivity index (χ3n) is 3.06. The summed E-state index contributed by atoms with van der Waals surface area (Å²) in [5, 5.41) is 23.2. The van der Waals surface area contributed by atoms with Crippen LogP contribution in [-0.4, -0.2) is 22.7 Å². The Morgan fingerprint density at radius 3 is 2.67 bits per heavy atom. The molecular formula is C13H20N2O3. The summed E-state index contributed by atoms with van der Waals surface area (Å²) in [6, 6.07) is 6.81. The second-order valence-corrected chi connectivity index (χ2v) is 4.32. The molecule has 0 amide bonds. The molecule has 0 saturated carbocycles. The largest absolute Gasteiger partial charge is 0.396 e. The fourth-order valence-electron chi connectivity index (χ4n) is 2.02. The number of benzene rings is 1. The monoisotopic (exact) mass is 252 g/mol. The minimum Gasteiger partial charge on any atom is -0.396 e. The van der Waals surface area contributed by atoms with Crippen LogP contribution in [0.3, 0.4) is 0 Å². The zero-order valence-electron chi connectivity index (χ0n) is 10.8. The number of para-hydroxylation sites is 1. The first-order chi connectivity index (χ1) is 8.60. The van der Waals surface area contributed by atoms with E-state index >= 15 is 0 Å². The van der Waals surface area contributed by atoms with Crippen LogP contribution < -0.4 is 5.32 Å². The van der Waals surface area contributed by atoms with Crippen LogP contribution in [0.1, 0.15) is 38.3 Å². The van der Waals surface area contributed by atoms with Gasteiger partial charge in [-0.2, -0.15) is 0 Å². The number of nitrogens with one attached hydrogen (secondary N) is 1. The molecule has 18 heavy (non-hydrogen) atoms. The molecule has 2 unspecified atom stereocenters. The molecule has 1 aromatic rings. The maximum atomic E-state index is 10.9. The maximum absolute atomic E-state index is 10.9. The lowest BCUT2D eigenvalue weighted by Gasteiger charge is -2.21. The van der Waals surface area contributed by atoms with E-state index in [1.807, 2.05) is 13.8 Å². The van der Waals surface area contributed by atoms with Crippen LogP contribution in [-0.2, 0) is 0 Å². The van der Waals surface area contributed by atoms with Crippen LogP contribution in [0.2, 0.25) is 0 Å². The average Bonchev–Trinajstić information content (AvgIpc) is 2.38. The fraction of sp³-hybridized carbons (Fsp3) is 0.538. The normalized spacial score (nSPS) is 14.2. The first kappa shape index (κ1) is 14.6. The van der Waals surface area contributed by atoms with E-state index in [0.29, 0.717) is 12.0 Å². The fourth-order valence-corrected chi connectivity index (χ4v) is 2.02. The van der Waals surface area contributed by atoms with Crippen molar-refractivity contribution in [2.24, 2.45) is 0 Å². The molecule has 0 spiro atoms. The molecule has 5 nitrogen and oxygen atoms in total. The lowest BCUT2D eigenvalue weighted by Crippen LogP contribution is -2.32. The van der Waals surface area contributed by atoms with Crippen molar-refractivity contribution in [1.29, 1.82) is 0 Å². The van der Waals surface area contributed by atoms with Gasteiger partial charge in [0.2, 0.25) is 0 Å². The van der Waals surface area contributed by atoms with E-state index in [2.05, 4.69) is 5.32 Å². The molecule has 1 rings (SSSR count). The van der Waals surface area contributed by atoms with Crippen molar-refractivity contribution in [3.05, 3.63) is 39.9 Å². The van der Waals surface area contributed by atoms with Crippen molar-refractivity contribution in [3.8, 4) is 0 Å². The molecule has 0 aliphatic heterocycles. The van der Waals surface area contributed by atoms with Crippen molar-refractivity contribution in [1.82, 2.24) is 5.32 Å². The molecule has 0 heterocycles. The number of hydrogen-bond acceptors (Lipinski definition) is 4. The van der Waals surface area contributed by atoms with Gasteiger partial charge in [0.05, 0.1) is 4.92 Å². The summed E-state index contributed by atoms with van der Waals surface area (Å²) in [5.74, 6) is 0. The van der Waals surface area contributed by atoms with E-state index in [1.54, 1.807) is 18.2 Å². The average molecular weight is 252 g/mol. The Kier molecular flexibility index (Phi) is 5.74. The predicted molar refractivity (Wildman–Crippen MR) is 70.4 cm³/mol. The minimum atomic E-state index is -0.361. The van der Waals surface area contributed by atoms with Gasteiger partial charge in [-0.3, -0.25) is 10.1 Å². The standard InChI is InChI=1S/C13H20N2O3/c1-3-11(8-9-16)14-10(2)12-6-4-5-7-13(12)15(17)18/h4-7,10-11,14,16H,3,8-9H2,1-2H3. The summed E-state index contributed by atoms with van der Waals surface area (Å²) in [7, 11) is 0. The highest BCUT2D eigenvalue weighted by molar-refractivity contribution is 5.41. The zero-order valence-corrected chi connectivity index (χ0v) is 10.8. The number of rotatable bonds is 7. The summed E-state index contributed by atoms with van der Waals surface area (Å²) < 4.78 is 0. The van der Waals surface area contributed by atoms with E-state index in [4.69, 9.17) is 5.11 Å². The Labute approximate surface area is 107 Å². The van der Waals surface area contributed by atoms with Gasteiger partial charge in [-0.05, 0) is 19.8 Å². The molecule has 100 valence electrons. The third-order valence-corrected chi connectivity index (χ3v) is 3.06. The Morgan fingerprint density at radius 2 is 2.11 bits per heavy atom. The molecule has 0 aliphatic rings. The number of nitro groups is 1. The van der Waals surface area contributed by atoms with Gasteiger partial charge < -0.3 is 10.4 Å². The summed E-state index contributed by atoms with van der Waals surface area (Å²) in [6.07, 6.45) is 1.53. The molecule has 1 aromatic carbocycles. The highest BCUT2D eigenvalue weighted by atomic mass is 16.6. The molecule has 0 aliphatic carbocycles. The zero-order chi connectivity index (χ0) is 13.5. The second kappa shape index (κ2) is 7.08. The molecule has 0 fully saturated rings. The van der Waals surface area contributed by atoms with Gasteiger partial charge in [-0.1, -0.05) is 25.1 Å². The van der Waals surface area contributed by atoms with Crippen LogP contribution in [0.4, 0.5) is 5.69 Å². The molecule has 0 bridgehead atoms. The van der Waals surface area contributed by atoms with Crippen LogP contribution in [0, 0.1) is 10.1 Å². The lowest BCUT2D eigenvalue weighted by atomic mass is 10.0. The van der Waals surface area contributed by atoms with Gasteiger partial charge in [0.25, 0.3) is 5.69 Å². The Bertz CT molecular complexity index is 396. The van der Waals surface area contributed by atoms with Gasteiger partial charge in [0, 0.05) is 30.3 Å². The van der Waals surface area contributed by atoms with E-state index < -0.39 is 0 Å². The summed E-state index contributed by atoms with van der Waals surface area (Å²) in [5.41, 5.74) is 0.815. The van der Waals surface area contributed by atoms with Crippen molar-refractivity contribution in [2.45, 2.75) is 38.8 Å². The van der Waals surface area contributed by atoms with Gasteiger partial charge in [0.15, 0.2) is 0 Å². The quantitative estimate of drug-likeness (QED) is 0.577. The van der Waals surface area contributed by atoms with E-state index in [1.165, 1.54) is 6.07 Å². The summed E-state index contributed by atoms with van der Waals surface area (Å²) >= 11 is 0. The van der Waals surface area contributed by atoms with Crippen LogP contribution in [0.5, 0.6) is 0 Å². The number of aliphatic hydroxyl groups excluding tert-OH is 1. The summed E-state index contributed by atoms with van der Waals surface area (Å²) in [6.45, 7) is 4.05. The first-order valence-electron chi connectivity index (χ1n) is 6.20. The molecular weight excluding hydrogens is 232 g/mol. The molecule has 2 N–H and O–H groups in total. The number of hydrogen-bond donors (Lipinski definition) is 2. The van der Waals surface area contributed by atoms with Crippen molar-refractivity contribution >= 4 is 5.69 Å². The highest BCUT2D eigenvalue weighted by Crippen LogP contribution is 2.25. The Hall–Kier alpha value is -1.46. The first-order valence-corrected chi connectivity index (χ1v) is 6.20. The van der Waals surface area contributed by atoms with E-state index in [9.17, 15) is 10.1 Å². The maximum Gasteiger partial charge on any atom is 0.274 e. The number of aliphatic hydroxyl groups is 1. The smallest absolute Gasteiger partial charge is 0.274 e. The van der Waals surface area contributed by atoms with Crippen molar-refractivity contribution in [3.63, 3.8) is 0 Å². The topological polar surface area (TPSA) is 75.4 Å². The lowest BCUT2D eigenvalue weighted by molar-refractivity contribution is -0.385. The SMILES string of the molecule is CCC(CCO)NC(C)c1ccccc1[N+](=O)[O-]. The van der Waals surface area contributed by atoms with Gasteiger partial charge in [-0.15, -0.1) is 0 Å². The van der Waals surface area contributed by atoms with Crippen LogP contribution in [0.25, 0.3) is 0 Å². The predicted octanol–water partition coefficient (Wildman–Crippen LogP) is 2.41. The van der Waals surface area contributed by atoms with E-state index in [-0.39, 0.29) is 29.3 Å². The molecule has 0 radical (unpaired) electrons. The van der Waals surface area contributed by atoms with E-state index in [0.717, 1.165) is 6.42 Å². The molecule has 5 heteroatoms. The van der Waals surface area contributed by atoms with Gasteiger partial charge in [0.1, 0.15) is 0 Å². The van der Waals surface area contributed by atoms with Gasteiger partial charge >= 0.3 is 0 Å². The van der Waals surface area contributed by atoms with Crippen molar-refractivity contribution in [2.75, 3.05) is 6.61 Å². The van der Waals surface area contributed by atoms with Crippen molar-refractivity contribution < 1.29 is 10.0 Å². The van der Waals surface area contributed by atoms with Crippen LogP contribution >= 0.6 is 0 Å². The second-order valence-electron chi connectivity index (χ2n) is 4.32. The Balaban J connectivity index is 2.83. The summed E-state index contributed by atoms with van der Waals surface area (Å²) in [4.78, 5) is 10.6. The minimum absolute atomic E-state index is 0.108. The number of nitrogens with zero attached hydrogens (tertiary/aromatic N) is 1. The van der Waals surface area contributed by atoms with Crippen LogP contribution in [0.15, 0.2) is 24.3 Å². The molecule has 0 aromatic heterocycles. The van der Waals surface area contributed by atoms with Gasteiger partial charge in [-0.25, -0.2) is 0 Å². The molecule has 0 saturated heterocycles. The highest BCUT2D eigenvalue weighted by Gasteiger charge is 2.19. The number of nitro benzene ring substituents is 1.